The summed E-state index contributed by atoms with van der Waals surface area (Å²) in [6.45, 7) is 4.90. The Kier molecular flexibility index (Phi) is 5.62. The highest BCUT2D eigenvalue weighted by Crippen LogP contribution is 2.27. The van der Waals surface area contributed by atoms with Crippen LogP contribution in [0.15, 0.2) is 0 Å². The van der Waals surface area contributed by atoms with Crippen molar-refractivity contribution in [2.24, 2.45) is 5.73 Å². The highest BCUT2D eigenvalue weighted by molar-refractivity contribution is 7.89. The molecule has 5 nitrogen and oxygen atoms in total. The van der Waals surface area contributed by atoms with Crippen LogP contribution in [0.4, 0.5) is 0 Å². The maximum absolute atomic E-state index is 12.5. The van der Waals surface area contributed by atoms with E-state index >= 15 is 0 Å². The predicted molar refractivity (Wildman–Crippen MR) is 77.5 cm³/mol. The van der Waals surface area contributed by atoms with E-state index in [2.05, 4.69) is 4.90 Å². The number of rotatable bonds is 5. The van der Waals surface area contributed by atoms with Gasteiger partial charge in [0.05, 0.1) is 5.25 Å². The summed E-state index contributed by atoms with van der Waals surface area (Å²) in [5.74, 6) is 0. The van der Waals surface area contributed by atoms with Gasteiger partial charge in [-0.15, -0.1) is 0 Å². The minimum atomic E-state index is -3.05. The summed E-state index contributed by atoms with van der Waals surface area (Å²) < 4.78 is 26.8. The lowest BCUT2D eigenvalue weighted by molar-refractivity contribution is 0.284. The highest BCUT2D eigenvalue weighted by Gasteiger charge is 2.34. The third kappa shape index (κ3) is 3.90. The van der Waals surface area contributed by atoms with E-state index in [-0.39, 0.29) is 5.25 Å². The Morgan fingerprint density at radius 3 is 2.42 bits per heavy atom. The minimum absolute atomic E-state index is 0.108. The van der Waals surface area contributed by atoms with Crippen LogP contribution in [-0.4, -0.2) is 62.1 Å². The molecular formula is C13H27N3O2S. The van der Waals surface area contributed by atoms with Crippen LogP contribution < -0.4 is 5.73 Å². The predicted octanol–water partition coefficient (Wildman–Crippen LogP) is 0.615. The Balaban J connectivity index is 1.91. The van der Waals surface area contributed by atoms with E-state index in [1.165, 1.54) is 0 Å². The Bertz CT molecular complexity index is 366. The zero-order valence-electron chi connectivity index (χ0n) is 11.8. The fraction of sp³-hybridized carbons (Fsp3) is 1.00. The molecule has 0 bridgehead atoms. The average Bonchev–Trinajstić information content (AvgIpc) is 2.83. The van der Waals surface area contributed by atoms with Gasteiger partial charge in [-0.2, -0.15) is 0 Å². The van der Waals surface area contributed by atoms with Gasteiger partial charge in [0, 0.05) is 19.6 Å². The summed E-state index contributed by atoms with van der Waals surface area (Å²) in [5, 5.41) is -0.108. The molecule has 0 aromatic rings. The van der Waals surface area contributed by atoms with Crippen molar-refractivity contribution in [3.05, 3.63) is 0 Å². The van der Waals surface area contributed by atoms with Crippen LogP contribution in [0.25, 0.3) is 0 Å². The molecule has 2 N–H and O–H groups in total. The van der Waals surface area contributed by atoms with Crippen molar-refractivity contribution in [2.75, 3.05) is 39.3 Å². The van der Waals surface area contributed by atoms with E-state index in [0.717, 1.165) is 58.2 Å². The van der Waals surface area contributed by atoms with Gasteiger partial charge in [0.25, 0.3) is 0 Å². The van der Waals surface area contributed by atoms with Gasteiger partial charge >= 0.3 is 0 Å². The number of hydrogen-bond acceptors (Lipinski definition) is 4. The molecular weight excluding hydrogens is 262 g/mol. The third-order valence-corrected chi connectivity index (χ3v) is 6.71. The number of sulfonamides is 1. The molecule has 2 aliphatic rings. The van der Waals surface area contributed by atoms with E-state index in [0.29, 0.717) is 19.6 Å². The van der Waals surface area contributed by atoms with Crippen LogP contribution >= 0.6 is 0 Å². The van der Waals surface area contributed by atoms with Crippen molar-refractivity contribution in [1.29, 1.82) is 0 Å². The molecule has 2 fully saturated rings. The largest absolute Gasteiger partial charge is 0.330 e. The molecule has 112 valence electrons. The van der Waals surface area contributed by atoms with E-state index in [9.17, 15) is 8.42 Å². The molecule has 1 aliphatic carbocycles. The van der Waals surface area contributed by atoms with Crippen LogP contribution in [0.2, 0.25) is 0 Å². The van der Waals surface area contributed by atoms with Gasteiger partial charge in [0.2, 0.25) is 10.0 Å². The zero-order chi connectivity index (χ0) is 13.7. The minimum Gasteiger partial charge on any atom is -0.330 e. The fourth-order valence-electron chi connectivity index (χ4n) is 3.14. The SMILES string of the molecule is NCCCN1CCCN(S(=O)(=O)C2CCCC2)CC1. The molecule has 1 saturated carbocycles. The first-order valence-electron chi connectivity index (χ1n) is 7.56. The molecule has 0 unspecified atom stereocenters. The second-order valence-corrected chi connectivity index (χ2v) is 7.90. The van der Waals surface area contributed by atoms with Gasteiger partial charge in [0.1, 0.15) is 0 Å². The summed E-state index contributed by atoms with van der Waals surface area (Å²) >= 11 is 0. The maximum Gasteiger partial charge on any atom is 0.217 e. The van der Waals surface area contributed by atoms with E-state index < -0.39 is 10.0 Å². The van der Waals surface area contributed by atoms with Crippen LogP contribution in [0, 0.1) is 0 Å². The van der Waals surface area contributed by atoms with Gasteiger partial charge in [0.15, 0.2) is 0 Å². The van der Waals surface area contributed by atoms with Gasteiger partial charge in [-0.1, -0.05) is 12.8 Å². The summed E-state index contributed by atoms with van der Waals surface area (Å²) in [5.41, 5.74) is 5.53. The molecule has 19 heavy (non-hydrogen) atoms. The number of nitrogens with zero attached hydrogens (tertiary/aromatic N) is 2. The first kappa shape index (κ1) is 15.2. The average molecular weight is 289 g/mol. The molecule has 0 atom stereocenters. The second-order valence-electron chi connectivity index (χ2n) is 5.69. The topological polar surface area (TPSA) is 66.6 Å². The smallest absolute Gasteiger partial charge is 0.217 e. The summed E-state index contributed by atoms with van der Waals surface area (Å²) in [7, 11) is -3.05. The lowest BCUT2D eigenvalue weighted by Crippen LogP contribution is -2.40. The number of nitrogens with two attached hydrogens (primary N) is 1. The van der Waals surface area contributed by atoms with Gasteiger partial charge < -0.3 is 10.6 Å². The lowest BCUT2D eigenvalue weighted by atomic mass is 10.3. The Hall–Kier alpha value is -0.170. The van der Waals surface area contributed by atoms with Crippen molar-refractivity contribution in [1.82, 2.24) is 9.21 Å². The first-order valence-corrected chi connectivity index (χ1v) is 9.06. The first-order chi connectivity index (χ1) is 9.14. The maximum atomic E-state index is 12.5. The van der Waals surface area contributed by atoms with Gasteiger partial charge in [-0.3, -0.25) is 0 Å². The Morgan fingerprint density at radius 2 is 1.74 bits per heavy atom. The van der Waals surface area contributed by atoms with E-state index in [1.807, 2.05) is 0 Å². The van der Waals surface area contributed by atoms with Crippen molar-refractivity contribution < 1.29 is 8.42 Å². The second kappa shape index (κ2) is 7.02. The van der Waals surface area contributed by atoms with Gasteiger partial charge in [-0.25, -0.2) is 12.7 Å². The third-order valence-electron chi connectivity index (χ3n) is 4.31. The van der Waals surface area contributed by atoms with Gasteiger partial charge in [-0.05, 0) is 45.3 Å². The van der Waals surface area contributed by atoms with Crippen LogP contribution in [0.3, 0.4) is 0 Å². The molecule has 1 heterocycles. The van der Waals surface area contributed by atoms with Crippen molar-refractivity contribution in [3.8, 4) is 0 Å². The zero-order valence-corrected chi connectivity index (χ0v) is 12.6. The normalized spacial score (nSPS) is 24.7. The van der Waals surface area contributed by atoms with Crippen molar-refractivity contribution in [3.63, 3.8) is 0 Å². The summed E-state index contributed by atoms with van der Waals surface area (Å²) in [6.07, 6.45) is 5.79. The fourth-order valence-corrected chi connectivity index (χ4v) is 5.21. The lowest BCUT2D eigenvalue weighted by Gasteiger charge is -2.24. The summed E-state index contributed by atoms with van der Waals surface area (Å²) in [4.78, 5) is 2.34. The van der Waals surface area contributed by atoms with Crippen LogP contribution in [0.1, 0.15) is 38.5 Å². The van der Waals surface area contributed by atoms with Crippen molar-refractivity contribution >= 4 is 10.0 Å². The molecule has 0 aromatic heterocycles. The highest BCUT2D eigenvalue weighted by atomic mass is 32.2. The quantitative estimate of drug-likeness (QED) is 0.805. The van der Waals surface area contributed by atoms with Crippen LogP contribution in [0.5, 0.6) is 0 Å². The Morgan fingerprint density at radius 1 is 1.00 bits per heavy atom. The molecule has 1 saturated heterocycles. The van der Waals surface area contributed by atoms with E-state index in [1.54, 1.807) is 4.31 Å². The van der Waals surface area contributed by atoms with Crippen LogP contribution in [-0.2, 0) is 10.0 Å². The van der Waals surface area contributed by atoms with E-state index in [4.69, 9.17) is 5.73 Å². The molecule has 0 aromatic carbocycles. The number of hydrogen-bond donors (Lipinski definition) is 1. The molecule has 6 heteroatoms. The molecule has 0 amide bonds. The Labute approximate surface area is 117 Å². The molecule has 2 rings (SSSR count). The summed E-state index contributed by atoms with van der Waals surface area (Å²) in [6, 6.07) is 0. The monoisotopic (exact) mass is 289 g/mol. The molecule has 1 aliphatic heterocycles. The molecule has 0 spiro atoms. The standard InChI is InChI=1S/C13H27N3O2S/c14-7-3-8-15-9-4-10-16(12-11-15)19(17,18)13-5-1-2-6-13/h13H,1-12,14H2. The van der Waals surface area contributed by atoms with Crippen molar-refractivity contribution in [2.45, 2.75) is 43.8 Å². The molecule has 0 radical (unpaired) electrons.